The number of Topliss-reactive ketones (excluding diaryl/α,β-unsaturated/α-hetero) is 1. The number of nitrogens with one attached hydrogen (secondary N) is 1. The van der Waals surface area contributed by atoms with Crippen LogP contribution < -0.4 is 10.1 Å². The quantitative estimate of drug-likeness (QED) is 0.345. The van der Waals surface area contributed by atoms with Gasteiger partial charge in [-0.2, -0.15) is 0 Å². The summed E-state index contributed by atoms with van der Waals surface area (Å²) in [5, 5.41) is 3.81. The summed E-state index contributed by atoms with van der Waals surface area (Å²) in [6.45, 7) is 3.99. The van der Waals surface area contributed by atoms with Gasteiger partial charge in [-0.1, -0.05) is 17.7 Å². The number of anilines is 1. The van der Waals surface area contributed by atoms with E-state index in [0.29, 0.717) is 17.0 Å². The van der Waals surface area contributed by atoms with Crippen molar-refractivity contribution in [3.63, 3.8) is 0 Å². The molecule has 0 saturated carbocycles. The molecule has 3 aromatic carbocycles. The molecule has 4 rings (SSSR count). The standard InChI is InChI=1S/C26H24N2O3S/c1-16-5-12-23(31-3)20(14-16)22(29)11-13-25(30)27-19-8-6-18(7-9-19)26-28-21-10-4-17(2)15-24(21)32-26/h4-10,12,14-15H,11,13H2,1-3H3,(H,27,30). The molecule has 6 heteroatoms. The number of hydrogen-bond acceptors (Lipinski definition) is 5. The van der Waals surface area contributed by atoms with E-state index in [9.17, 15) is 9.59 Å². The number of carbonyl (C=O) groups excluding carboxylic acids is 2. The van der Waals surface area contributed by atoms with Crippen LogP contribution in [0.3, 0.4) is 0 Å². The molecule has 0 aliphatic rings. The highest BCUT2D eigenvalue weighted by Crippen LogP contribution is 2.31. The van der Waals surface area contributed by atoms with Crippen molar-refractivity contribution in [2.75, 3.05) is 12.4 Å². The van der Waals surface area contributed by atoms with Gasteiger partial charge in [-0.15, -0.1) is 11.3 Å². The van der Waals surface area contributed by atoms with E-state index in [1.54, 1.807) is 23.5 Å². The SMILES string of the molecule is COc1ccc(C)cc1C(=O)CCC(=O)Nc1ccc(-c2nc3ccc(C)cc3s2)cc1. The third kappa shape index (κ3) is 4.86. The van der Waals surface area contributed by atoms with Crippen molar-refractivity contribution in [2.24, 2.45) is 0 Å². The van der Waals surface area contributed by atoms with E-state index >= 15 is 0 Å². The lowest BCUT2D eigenvalue weighted by atomic mass is 10.0. The van der Waals surface area contributed by atoms with Gasteiger partial charge < -0.3 is 10.1 Å². The Bertz CT molecular complexity index is 1290. The molecule has 0 radical (unpaired) electrons. The number of methoxy groups -OCH3 is 1. The van der Waals surface area contributed by atoms with Gasteiger partial charge in [0, 0.05) is 24.1 Å². The average Bonchev–Trinajstić information content (AvgIpc) is 3.21. The molecule has 1 N–H and O–H groups in total. The van der Waals surface area contributed by atoms with Crippen molar-refractivity contribution >= 4 is 38.9 Å². The van der Waals surface area contributed by atoms with E-state index in [-0.39, 0.29) is 24.5 Å². The molecule has 0 spiro atoms. The van der Waals surface area contributed by atoms with Crippen LogP contribution in [-0.4, -0.2) is 23.8 Å². The molecule has 0 atom stereocenters. The Balaban J connectivity index is 1.37. The lowest BCUT2D eigenvalue weighted by molar-refractivity contribution is -0.116. The number of thiazole rings is 1. The minimum atomic E-state index is -0.201. The van der Waals surface area contributed by atoms with Gasteiger partial charge in [-0.3, -0.25) is 9.59 Å². The van der Waals surface area contributed by atoms with E-state index in [0.717, 1.165) is 26.4 Å². The number of fused-ring (bicyclic) bond motifs is 1. The summed E-state index contributed by atoms with van der Waals surface area (Å²) < 4.78 is 6.43. The maximum Gasteiger partial charge on any atom is 0.224 e. The number of ketones is 1. The van der Waals surface area contributed by atoms with Gasteiger partial charge in [0.05, 0.1) is 22.9 Å². The molecule has 0 saturated heterocycles. The zero-order valence-corrected chi connectivity index (χ0v) is 19.1. The minimum Gasteiger partial charge on any atom is -0.496 e. The van der Waals surface area contributed by atoms with Crippen molar-refractivity contribution in [1.82, 2.24) is 4.98 Å². The first kappa shape index (κ1) is 21.7. The van der Waals surface area contributed by atoms with Crippen LogP contribution in [0.15, 0.2) is 60.7 Å². The van der Waals surface area contributed by atoms with Gasteiger partial charge in [-0.25, -0.2) is 4.98 Å². The molecule has 0 bridgehead atoms. The van der Waals surface area contributed by atoms with E-state index < -0.39 is 0 Å². The van der Waals surface area contributed by atoms with Gasteiger partial charge in [0.25, 0.3) is 0 Å². The number of carbonyl (C=O) groups is 2. The van der Waals surface area contributed by atoms with E-state index in [2.05, 4.69) is 24.4 Å². The first-order valence-electron chi connectivity index (χ1n) is 10.4. The predicted molar refractivity (Wildman–Crippen MR) is 130 cm³/mol. The summed E-state index contributed by atoms with van der Waals surface area (Å²) in [6.07, 6.45) is 0.226. The normalized spacial score (nSPS) is 10.8. The van der Waals surface area contributed by atoms with Crippen LogP contribution in [0.1, 0.15) is 34.3 Å². The maximum atomic E-state index is 12.6. The van der Waals surface area contributed by atoms with E-state index in [1.165, 1.54) is 12.7 Å². The smallest absolute Gasteiger partial charge is 0.224 e. The minimum absolute atomic E-state index is 0.106. The van der Waals surface area contributed by atoms with Crippen LogP contribution >= 0.6 is 11.3 Å². The number of rotatable bonds is 7. The van der Waals surface area contributed by atoms with Crippen molar-refractivity contribution in [1.29, 1.82) is 0 Å². The average molecular weight is 445 g/mol. The van der Waals surface area contributed by atoms with Gasteiger partial charge in [-0.05, 0) is 67.9 Å². The Labute approximate surface area is 191 Å². The number of benzene rings is 3. The molecular formula is C26H24N2O3S. The lowest BCUT2D eigenvalue weighted by Gasteiger charge is -2.09. The van der Waals surface area contributed by atoms with Gasteiger partial charge in [0.15, 0.2) is 5.78 Å². The first-order valence-corrected chi connectivity index (χ1v) is 11.2. The predicted octanol–water partition coefficient (Wildman–Crippen LogP) is 6.19. The molecule has 32 heavy (non-hydrogen) atoms. The van der Waals surface area contributed by atoms with E-state index in [4.69, 9.17) is 9.72 Å². The molecular weight excluding hydrogens is 420 g/mol. The van der Waals surface area contributed by atoms with Crippen molar-refractivity contribution in [3.8, 4) is 16.3 Å². The molecule has 162 valence electrons. The molecule has 1 amide bonds. The Morgan fingerprint density at radius 3 is 2.41 bits per heavy atom. The van der Waals surface area contributed by atoms with Crippen LogP contribution in [-0.2, 0) is 4.79 Å². The molecule has 4 aromatic rings. The maximum absolute atomic E-state index is 12.6. The fourth-order valence-electron chi connectivity index (χ4n) is 3.48. The zero-order valence-electron chi connectivity index (χ0n) is 18.3. The topological polar surface area (TPSA) is 68.3 Å². The number of aryl methyl sites for hydroxylation is 2. The summed E-state index contributed by atoms with van der Waals surface area (Å²) in [4.78, 5) is 29.6. The van der Waals surface area contributed by atoms with Crippen LogP contribution in [0.4, 0.5) is 5.69 Å². The second kappa shape index (κ2) is 9.32. The molecule has 0 unspecified atom stereocenters. The highest BCUT2D eigenvalue weighted by Gasteiger charge is 2.15. The number of hydrogen-bond donors (Lipinski definition) is 1. The third-order valence-corrected chi connectivity index (χ3v) is 6.26. The molecule has 1 heterocycles. The number of ether oxygens (including phenoxy) is 1. The van der Waals surface area contributed by atoms with E-state index in [1.807, 2.05) is 43.3 Å². The lowest BCUT2D eigenvalue weighted by Crippen LogP contribution is -2.14. The largest absolute Gasteiger partial charge is 0.496 e. The summed E-state index contributed by atoms with van der Waals surface area (Å²) in [5.74, 6) is 0.219. The molecule has 1 aromatic heterocycles. The van der Waals surface area contributed by atoms with Crippen LogP contribution in [0.5, 0.6) is 5.75 Å². The first-order chi connectivity index (χ1) is 15.4. The third-order valence-electron chi connectivity index (χ3n) is 5.19. The highest BCUT2D eigenvalue weighted by molar-refractivity contribution is 7.21. The summed E-state index contributed by atoms with van der Waals surface area (Å²) in [6, 6.07) is 19.3. The Kier molecular flexibility index (Phi) is 6.32. The monoisotopic (exact) mass is 444 g/mol. The van der Waals surface area contributed by atoms with Crippen LogP contribution in [0.25, 0.3) is 20.8 Å². The summed E-state index contributed by atoms with van der Waals surface area (Å²) in [5.41, 5.74) is 5.38. The van der Waals surface area contributed by atoms with Crippen LogP contribution in [0.2, 0.25) is 0 Å². The summed E-state index contributed by atoms with van der Waals surface area (Å²) >= 11 is 1.65. The van der Waals surface area contributed by atoms with Crippen molar-refractivity contribution in [3.05, 3.63) is 77.4 Å². The molecule has 0 aliphatic carbocycles. The van der Waals surface area contributed by atoms with Gasteiger partial charge in [0.2, 0.25) is 5.91 Å². The van der Waals surface area contributed by atoms with Crippen molar-refractivity contribution < 1.29 is 14.3 Å². The summed E-state index contributed by atoms with van der Waals surface area (Å²) in [7, 11) is 1.53. The zero-order chi connectivity index (χ0) is 22.7. The van der Waals surface area contributed by atoms with Gasteiger partial charge >= 0.3 is 0 Å². The molecule has 0 aliphatic heterocycles. The fraction of sp³-hybridized carbons (Fsp3) is 0.192. The molecule has 0 fully saturated rings. The Morgan fingerprint density at radius 2 is 1.66 bits per heavy atom. The highest BCUT2D eigenvalue weighted by atomic mass is 32.1. The fourth-order valence-corrected chi connectivity index (χ4v) is 4.55. The number of amides is 1. The number of nitrogens with zero attached hydrogens (tertiary/aromatic N) is 1. The van der Waals surface area contributed by atoms with Crippen LogP contribution in [0, 0.1) is 13.8 Å². The Morgan fingerprint density at radius 1 is 0.938 bits per heavy atom. The van der Waals surface area contributed by atoms with Gasteiger partial charge in [0.1, 0.15) is 10.8 Å². The Hall–Kier alpha value is -3.51. The van der Waals surface area contributed by atoms with Crippen molar-refractivity contribution in [2.45, 2.75) is 26.7 Å². The second-order valence-electron chi connectivity index (χ2n) is 7.74. The number of aromatic nitrogens is 1. The second-order valence-corrected chi connectivity index (χ2v) is 8.77. The molecule has 5 nitrogen and oxygen atoms in total.